The minimum atomic E-state index is -1.23. The lowest BCUT2D eigenvalue weighted by Gasteiger charge is -1.98. The van der Waals surface area contributed by atoms with E-state index in [0.29, 0.717) is 0 Å². The molecule has 2 aromatic rings. The van der Waals surface area contributed by atoms with Gasteiger partial charge in [-0.15, -0.1) is 6.58 Å². The molecule has 2 rings (SSSR count). The summed E-state index contributed by atoms with van der Waals surface area (Å²) in [4.78, 5) is 41.6. The standard InChI is InChI=1S/2C8H6O4.C3H6/c9-7(10)5-1-2-6(4-3-5)8(11)12;9-7(10)5-3-1-2-4-6(5)8(11)12;1-3-2/h2*1-4H,(H,9,10)(H,11,12);3H,1H2,2H3. The maximum absolute atomic E-state index is 10.5. The molecule has 0 amide bonds. The zero-order chi connectivity index (χ0) is 21.0. The van der Waals surface area contributed by atoms with E-state index in [0.717, 1.165) is 0 Å². The quantitative estimate of drug-likeness (QED) is 0.595. The van der Waals surface area contributed by atoms with Crippen molar-refractivity contribution in [2.75, 3.05) is 0 Å². The van der Waals surface area contributed by atoms with Crippen LogP contribution in [0, 0.1) is 0 Å². The lowest BCUT2D eigenvalue weighted by Crippen LogP contribution is -2.06. The monoisotopic (exact) mass is 374 g/mol. The molecule has 0 fully saturated rings. The van der Waals surface area contributed by atoms with Gasteiger partial charge in [-0.05, 0) is 43.3 Å². The van der Waals surface area contributed by atoms with Gasteiger partial charge in [0.2, 0.25) is 0 Å². The third-order valence-corrected chi connectivity index (χ3v) is 2.77. The molecule has 0 bridgehead atoms. The average molecular weight is 374 g/mol. The molecule has 0 atom stereocenters. The maximum atomic E-state index is 10.5. The Morgan fingerprint density at radius 2 is 0.926 bits per heavy atom. The summed E-state index contributed by atoms with van der Waals surface area (Å²) < 4.78 is 0. The number of carboxylic acids is 4. The molecule has 0 radical (unpaired) electrons. The Morgan fingerprint density at radius 1 is 0.667 bits per heavy atom. The first-order valence-electron chi connectivity index (χ1n) is 7.35. The number of rotatable bonds is 4. The van der Waals surface area contributed by atoms with Crippen LogP contribution in [0.3, 0.4) is 0 Å². The first-order valence-corrected chi connectivity index (χ1v) is 7.35. The van der Waals surface area contributed by atoms with Crippen LogP contribution in [0.4, 0.5) is 0 Å². The van der Waals surface area contributed by atoms with E-state index in [2.05, 4.69) is 6.58 Å². The highest BCUT2D eigenvalue weighted by molar-refractivity contribution is 6.01. The summed E-state index contributed by atoms with van der Waals surface area (Å²) in [6.45, 7) is 5.25. The molecule has 8 nitrogen and oxygen atoms in total. The highest BCUT2D eigenvalue weighted by atomic mass is 16.4. The molecule has 8 heteroatoms. The highest BCUT2D eigenvalue weighted by Crippen LogP contribution is 2.08. The Labute approximate surface area is 154 Å². The first-order chi connectivity index (χ1) is 12.6. The first kappa shape index (κ1) is 23.1. The summed E-state index contributed by atoms with van der Waals surface area (Å²) in [5.74, 6) is -4.58. The van der Waals surface area contributed by atoms with Gasteiger partial charge in [-0.2, -0.15) is 0 Å². The molecule has 2 aromatic carbocycles. The number of carboxylic acid groups (broad SMARTS) is 4. The van der Waals surface area contributed by atoms with Gasteiger partial charge in [0.1, 0.15) is 0 Å². The molecule has 0 unspecified atom stereocenters. The largest absolute Gasteiger partial charge is 0.478 e. The number of hydrogen-bond acceptors (Lipinski definition) is 4. The Hall–Kier alpha value is -3.94. The SMILES string of the molecule is C=CC.O=C(O)c1ccc(C(=O)O)cc1.O=C(O)c1ccccc1C(=O)O. The van der Waals surface area contributed by atoms with Crippen LogP contribution in [-0.4, -0.2) is 44.3 Å². The molecular weight excluding hydrogens is 356 g/mol. The normalized spacial score (nSPS) is 8.78. The molecule has 0 aromatic heterocycles. The van der Waals surface area contributed by atoms with Gasteiger partial charge >= 0.3 is 23.9 Å². The molecule has 27 heavy (non-hydrogen) atoms. The van der Waals surface area contributed by atoms with Gasteiger partial charge < -0.3 is 20.4 Å². The Kier molecular flexibility index (Phi) is 9.90. The minimum absolute atomic E-state index is 0.0833. The fourth-order valence-corrected chi connectivity index (χ4v) is 1.61. The van der Waals surface area contributed by atoms with E-state index < -0.39 is 23.9 Å². The lowest BCUT2D eigenvalue weighted by atomic mass is 10.1. The van der Waals surface area contributed by atoms with Crippen LogP contribution in [0.25, 0.3) is 0 Å². The topological polar surface area (TPSA) is 149 Å². The van der Waals surface area contributed by atoms with Crippen molar-refractivity contribution in [2.24, 2.45) is 0 Å². The van der Waals surface area contributed by atoms with E-state index in [1.807, 2.05) is 6.92 Å². The molecule has 142 valence electrons. The van der Waals surface area contributed by atoms with Gasteiger partial charge in [0.25, 0.3) is 0 Å². The summed E-state index contributed by atoms with van der Waals surface area (Å²) in [5.41, 5.74) is -0.213. The molecule has 0 aliphatic heterocycles. The Bertz CT molecular complexity index is 756. The van der Waals surface area contributed by atoms with Crippen LogP contribution in [-0.2, 0) is 0 Å². The maximum Gasteiger partial charge on any atom is 0.336 e. The van der Waals surface area contributed by atoms with Gasteiger partial charge in [-0.25, -0.2) is 19.2 Å². The van der Waals surface area contributed by atoms with E-state index >= 15 is 0 Å². The predicted molar refractivity (Wildman–Crippen MR) is 96.6 cm³/mol. The summed E-state index contributed by atoms with van der Waals surface area (Å²) in [6.07, 6.45) is 1.75. The minimum Gasteiger partial charge on any atom is -0.478 e. The number of allylic oxidation sites excluding steroid dienone is 1. The highest BCUT2D eigenvalue weighted by Gasteiger charge is 2.13. The fourth-order valence-electron chi connectivity index (χ4n) is 1.61. The number of carbonyl (C=O) groups is 4. The second-order valence-corrected chi connectivity index (χ2v) is 4.75. The van der Waals surface area contributed by atoms with Crippen LogP contribution in [0.1, 0.15) is 48.4 Å². The molecule has 0 aliphatic rings. The van der Waals surface area contributed by atoms with Crippen molar-refractivity contribution in [1.29, 1.82) is 0 Å². The van der Waals surface area contributed by atoms with Crippen molar-refractivity contribution in [1.82, 2.24) is 0 Å². The predicted octanol–water partition coefficient (Wildman–Crippen LogP) is 3.36. The van der Waals surface area contributed by atoms with Crippen LogP contribution >= 0.6 is 0 Å². The molecule has 0 saturated heterocycles. The molecule has 0 heterocycles. The second kappa shape index (κ2) is 11.6. The number of benzene rings is 2. The molecule has 0 spiro atoms. The second-order valence-electron chi connectivity index (χ2n) is 4.75. The summed E-state index contributed by atoms with van der Waals surface area (Å²) in [6, 6.07) is 10.5. The van der Waals surface area contributed by atoms with Crippen molar-refractivity contribution >= 4 is 23.9 Å². The summed E-state index contributed by atoms with van der Waals surface area (Å²) in [5, 5.41) is 34.0. The van der Waals surface area contributed by atoms with Crippen LogP contribution in [0.5, 0.6) is 0 Å². The van der Waals surface area contributed by atoms with E-state index in [4.69, 9.17) is 20.4 Å². The third kappa shape index (κ3) is 8.12. The van der Waals surface area contributed by atoms with Crippen molar-refractivity contribution in [3.05, 3.63) is 83.4 Å². The summed E-state index contributed by atoms with van der Waals surface area (Å²) in [7, 11) is 0. The van der Waals surface area contributed by atoms with Gasteiger partial charge in [0.05, 0.1) is 22.3 Å². The van der Waals surface area contributed by atoms with Crippen LogP contribution in [0.2, 0.25) is 0 Å². The lowest BCUT2D eigenvalue weighted by molar-refractivity contribution is 0.0651. The smallest absolute Gasteiger partial charge is 0.336 e. The molecule has 0 aliphatic carbocycles. The number of hydrogen-bond donors (Lipinski definition) is 4. The van der Waals surface area contributed by atoms with Crippen molar-refractivity contribution < 1.29 is 39.6 Å². The third-order valence-electron chi connectivity index (χ3n) is 2.77. The van der Waals surface area contributed by atoms with E-state index in [1.165, 1.54) is 48.5 Å². The van der Waals surface area contributed by atoms with Crippen molar-refractivity contribution in [2.45, 2.75) is 6.92 Å². The zero-order valence-corrected chi connectivity index (χ0v) is 14.3. The van der Waals surface area contributed by atoms with Gasteiger partial charge in [0.15, 0.2) is 0 Å². The van der Waals surface area contributed by atoms with E-state index in [1.54, 1.807) is 6.08 Å². The summed E-state index contributed by atoms with van der Waals surface area (Å²) >= 11 is 0. The molecule has 4 N–H and O–H groups in total. The van der Waals surface area contributed by atoms with Gasteiger partial charge in [-0.1, -0.05) is 18.2 Å². The Morgan fingerprint density at radius 3 is 1.11 bits per heavy atom. The van der Waals surface area contributed by atoms with E-state index in [-0.39, 0.29) is 22.3 Å². The van der Waals surface area contributed by atoms with Crippen molar-refractivity contribution in [3.63, 3.8) is 0 Å². The number of aromatic carboxylic acids is 4. The van der Waals surface area contributed by atoms with Gasteiger partial charge in [0, 0.05) is 0 Å². The van der Waals surface area contributed by atoms with Gasteiger partial charge in [-0.3, -0.25) is 0 Å². The Balaban J connectivity index is 0.000000438. The molecular formula is C19H18O8. The van der Waals surface area contributed by atoms with Crippen molar-refractivity contribution in [3.8, 4) is 0 Å². The van der Waals surface area contributed by atoms with Crippen LogP contribution in [0.15, 0.2) is 61.2 Å². The average Bonchev–Trinajstić information content (AvgIpc) is 2.62. The fraction of sp³-hybridized carbons (Fsp3) is 0.0526. The van der Waals surface area contributed by atoms with E-state index in [9.17, 15) is 19.2 Å². The zero-order valence-electron chi connectivity index (χ0n) is 14.3. The molecule has 0 saturated carbocycles. The van der Waals surface area contributed by atoms with Crippen LogP contribution < -0.4 is 0 Å².